The largest absolute Gasteiger partial charge is 0.490 e. The molecule has 0 aliphatic carbocycles. The molecule has 3 aromatic carbocycles. The topological polar surface area (TPSA) is 88.4 Å². The highest BCUT2D eigenvalue weighted by Crippen LogP contribution is 2.35. The molecule has 0 N–H and O–H groups in total. The molecule has 1 aliphatic heterocycles. The summed E-state index contributed by atoms with van der Waals surface area (Å²) in [5.41, 5.74) is 2.16. The number of carbonyl (C=O) groups is 1. The van der Waals surface area contributed by atoms with E-state index in [4.69, 9.17) is 30.5 Å². The second kappa shape index (κ2) is 13.1. The lowest BCUT2D eigenvalue weighted by molar-refractivity contribution is -0.136. The fraction of sp³-hybridized carbons (Fsp3) is 0.219. The van der Waals surface area contributed by atoms with Gasteiger partial charge in [0, 0.05) is 22.3 Å². The molecule has 1 aromatic heterocycles. The second-order valence-corrected chi connectivity index (χ2v) is 10.6. The molecule has 1 aliphatic rings. The molecule has 42 heavy (non-hydrogen) atoms. The van der Waals surface area contributed by atoms with Crippen LogP contribution in [0.15, 0.2) is 88.3 Å². The number of hydrogen-bond acceptors (Lipinski definition) is 8. The minimum Gasteiger partial charge on any atom is -0.490 e. The molecular formula is C32H29ClN2O6S. The highest BCUT2D eigenvalue weighted by atomic mass is 35.5. The zero-order chi connectivity index (χ0) is 29.6. The molecule has 5 rings (SSSR count). The van der Waals surface area contributed by atoms with Gasteiger partial charge in [0.15, 0.2) is 16.3 Å². The van der Waals surface area contributed by atoms with Crippen molar-refractivity contribution in [2.75, 3.05) is 20.3 Å². The van der Waals surface area contributed by atoms with E-state index in [0.29, 0.717) is 50.4 Å². The first-order valence-electron chi connectivity index (χ1n) is 13.4. The molecule has 0 saturated carbocycles. The smallest absolute Gasteiger partial charge is 0.337 e. The Hall–Kier alpha value is -4.34. The summed E-state index contributed by atoms with van der Waals surface area (Å²) in [6, 6.07) is 19.5. The van der Waals surface area contributed by atoms with Crippen LogP contribution < -0.4 is 29.1 Å². The Morgan fingerprint density at radius 1 is 0.976 bits per heavy atom. The molecule has 0 radical (unpaired) electrons. The Bertz CT molecular complexity index is 1830. The number of para-hydroxylation sites is 1. The number of fused-ring (bicyclic) bond motifs is 1. The number of thiazole rings is 1. The SMILES string of the molecule is CCOc1ccc([C@H]2C(C(=O)OC)=CN=c3s/c(=C/c4ccccc4OCc4ccccc4Cl)c(=O)n32)cc1OCC. The summed E-state index contributed by atoms with van der Waals surface area (Å²) in [6.45, 7) is 4.92. The number of carbonyl (C=O) groups excluding carboxylic acids is 1. The van der Waals surface area contributed by atoms with Crippen LogP contribution in [0.25, 0.3) is 6.08 Å². The van der Waals surface area contributed by atoms with Crippen molar-refractivity contribution in [3.8, 4) is 17.2 Å². The van der Waals surface area contributed by atoms with Crippen LogP contribution in [-0.2, 0) is 16.1 Å². The predicted molar refractivity (Wildman–Crippen MR) is 162 cm³/mol. The fourth-order valence-electron chi connectivity index (χ4n) is 4.63. The minimum absolute atomic E-state index is 0.228. The molecular weight excluding hydrogens is 576 g/mol. The number of benzene rings is 3. The molecule has 0 bridgehead atoms. The van der Waals surface area contributed by atoms with E-state index in [2.05, 4.69) is 4.99 Å². The number of rotatable bonds is 10. The van der Waals surface area contributed by atoms with E-state index in [0.717, 1.165) is 11.1 Å². The van der Waals surface area contributed by atoms with Gasteiger partial charge in [-0.1, -0.05) is 65.4 Å². The van der Waals surface area contributed by atoms with Crippen LogP contribution in [0.5, 0.6) is 17.2 Å². The van der Waals surface area contributed by atoms with Crippen molar-refractivity contribution < 1.29 is 23.7 Å². The average molecular weight is 605 g/mol. The van der Waals surface area contributed by atoms with Gasteiger partial charge in [0.2, 0.25) is 0 Å². The number of nitrogens with zero attached hydrogens (tertiary/aromatic N) is 2. The van der Waals surface area contributed by atoms with Crippen molar-refractivity contribution in [2.45, 2.75) is 26.5 Å². The maximum Gasteiger partial charge on any atom is 0.337 e. The summed E-state index contributed by atoms with van der Waals surface area (Å²) in [5, 5.41) is 0.617. The van der Waals surface area contributed by atoms with Crippen molar-refractivity contribution in [1.82, 2.24) is 4.57 Å². The number of methoxy groups -OCH3 is 1. The Morgan fingerprint density at radius 3 is 2.48 bits per heavy atom. The van der Waals surface area contributed by atoms with Crippen LogP contribution in [0.4, 0.5) is 0 Å². The summed E-state index contributed by atoms with van der Waals surface area (Å²) < 4.78 is 24.6. The zero-order valence-electron chi connectivity index (χ0n) is 23.3. The second-order valence-electron chi connectivity index (χ2n) is 9.17. The van der Waals surface area contributed by atoms with Gasteiger partial charge in [-0.2, -0.15) is 0 Å². The van der Waals surface area contributed by atoms with Gasteiger partial charge >= 0.3 is 5.97 Å². The van der Waals surface area contributed by atoms with Gasteiger partial charge in [-0.25, -0.2) is 9.79 Å². The maximum absolute atomic E-state index is 14.0. The van der Waals surface area contributed by atoms with Crippen LogP contribution in [-0.4, -0.2) is 30.9 Å². The first-order valence-corrected chi connectivity index (χ1v) is 14.6. The lowest BCUT2D eigenvalue weighted by Gasteiger charge is -2.23. The van der Waals surface area contributed by atoms with Crippen molar-refractivity contribution in [3.05, 3.63) is 120 Å². The molecule has 4 aromatic rings. The third kappa shape index (κ3) is 5.98. The van der Waals surface area contributed by atoms with Gasteiger partial charge < -0.3 is 18.9 Å². The van der Waals surface area contributed by atoms with Crippen LogP contribution >= 0.6 is 22.9 Å². The normalized spacial score (nSPS) is 14.4. The van der Waals surface area contributed by atoms with Gasteiger partial charge in [-0.05, 0) is 49.8 Å². The van der Waals surface area contributed by atoms with Gasteiger partial charge in [0.1, 0.15) is 12.4 Å². The van der Waals surface area contributed by atoms with Crippen molar-refractivity contribution in [1.29, 1.82) is 0 Å². The first-order chi connectivity index (χ1) is 20.4. The molecule has 0 unspecified atom stereocenters. The van der Waals surface area contributed by atoms with Crippen LogP contribution in [0, 0.1) is 0 Å². The summed E-state index contributed by atoms with van der Waals surface area (Å²) in [7, 11) is 1.30. The van der Waals surface area contributed by atoms with E-state index >= 15 is 0 Å². The van der Waals surface area contributed by atoms with Gasteiger partial charge in [0.25, 0.3) is 5.56 Å². The lowest BCUT2D eigenvalue weighted by atomic mass is 9.97. The van der Waals surface area contributed by atoms with Crippen molar-refractivity contribution >= 4 is 35.0 Å². The number of halogens is 1. The van der Waals surface area contributed by atoms with Crippen LogP contribution in [0.3, 0.4) is 0 Å². The Labute approximate surface area is 251 Å². The molecule has 0 saturated heterocycles. The molecule has 2 heterocycles. The predicted octanol–water partition coefficient (Wildman–Crippen LogP) is 5.05. The Balaban J connectivity index is 1.59. The molecule has 216 valence electrons. The highest BCUT2D eigenvalue weighted by molar-refractivity contribution is 7.07. The van der Waals surface area contributed by atoms with Gasteiger partial charge in [-0.3, -0.25) is 9.36 Å². The van der Waals surface area contributed by atoms with E-state index in [9.17, 15) is 9.59 Å². The molecule has 1 atom stereocenters. The van der Waals surface area contributed by atoms with E-state index < -0.39 is 12.0 Å². The van der Waals surface area contributed by atoms with Crippen molar-refractivity contribution in [2.24, 2.45) is 4.99 Å². The zero-order valence-corrected chi connectivity index (χ0v) is 24.9. The quantitative estimate of drug-likeness (QED) is 0.236. The van der Waals surface area contributed by atoms with Gasteiger partial charge in [-0.15, -0.1) is 0 Å². The third-order valence-corrected chi connectivity index (χ3v) is 7.92. The summed E-state index contributed by atoms with van der Waals surface area (Å²) in [5.74, 6) is 1.11. The molecule has 10 heteroatoms. The lowest BCUT2D eigenvalue weighted by Crippen LogP contribution is -2.39. The number of hydrogen-bond donors (Lipinski definition) is 0. The maximum atomic E-state index is 14.0. The monoisotopic (exact) mass is 604 g/mol. The van der Waals surface area contributed by atoms with E-state index in [1.165, 1.54) is 29.2 Å². The highest BCUT2D eigenvalue weighted by Gasteiger charge is 2.31. The first kappa shape index (κ1) is 29.2. The number of ether oxygens (including phenoxy) is 4. The minimum atomic E-state index is -0.780. The van der Waals surface area contributed by atoms with Gasteiger partial charge in [0.05, 0.1) is 36.5 Å². The van der Waals surface area contributed by atoms with E-state index in [1.54, 1.807) is 18.2 Å². The summed E-state index contributed by atoms with van der Waals surface area (Å²) in [6.07, 6.45) is 3.23. The average Bonchev–Trinajstić information content (AvgIpc) is 3.32. The Morgan fingerprint density at radius 2 is 1.71 bits per heavy atom. The van der Waals surface area contributed by atoms with Crippen LogP contribution in [0.1, 0.15) is 36.6 Å². The summed E-state index contributed by atoms with van der Waals surface area (Å²) in [4.78, 5) is 31.7. The third-order valence-electron chi connectivity index (χ3n) is 6.55. The Kier molecular flexibility index (Phi) is 9.09. The standard InChI is InChI=1S/C32H29ClN2O6S/c1-4-39-26-15-14-21(16-27(26)40-5-2)29-23(31(37)38-3)18-34-32-35(29)30(36)28(42-32)17-20-10-7-9-13-25(20)41-19-22-11-6-8-12-24(22)33/h6-18,29H,4-5,19H2,1-3H3/b28-17+/t29-/m0/s1. The fourth-order valence-corrected chi connectivity index (χ4v) is 5.78. The number of esters is 1. The molecule has 0 fully saturated rings. The molecule has 8 nitrogen and oxygen atoms in total. The van der Waals surface area contributed by atoms with E-state index in [1.807, 2.05) is 68.4 Å². The van der Waals surface area contributed by atoms with Crippen LogP contribution in [0.2, 0.25) is 5.02 Å². The molecule has 0 amide bonds. The number of aromatic nitrogens is 1. The van der Waals surface area contributed by atoms with E-state index in [-0.39, 0.29) is 17.7 Å². The molecule has 0 spiro atoms. The summed E-state index contributed by atoms with van der Waals surface area (Å²) >= 11 is 7.53. The van der Waals surface area contributed by atoms with Crippen molar-refractivity contribution in [3.63, 3.8) is 0 Å².